The van der Waals surface area contributed by atoms with Crippen molar-refractivity contribution in [3.05, 3.63) is 29.3 Å². The van der Waals surface area contributed by atoms with Crippen LogP contribution in [0.5, 0.6) is 0 Å². The Morgan fingerprint density at radius 1 is 1.29 bits per heavy atom. The zero-order valence-corrected chi connectivity index (χ0v) is 12.9. The first-order chi connectivity index (χ1) is 10.2. The highest BCUT2D eigenvalue weighted by Gasteiger charge is 2.34. The quantitative estimate of drug-likeness (QED) is 0.894. The zero-order chi connectivity index (χ0) is 14.7. The number of amides is 2. The minimum absolute atomic E-state index is 0.0297. The molecule has 3 rings (SSSR count). The van der Waals surface area contributed by atoms with E-state index < -0.39 is 0 Å². The molecule has 2 N–H and O–H groups in total. The molecule has 0 aromatic heterocycles. The van der Waals surface area contributed by atoms with E-state index in [0.717, 1.165) is 32.4 Å². The van der Waals surface area contributed by atoms with Crippen LogP contribution in [0.15, 0.2) is 24.3 Å². The van der Waals surface area contributed by atoms with Crippen LogP contribution in [0.2, 0.25) is 5.02 Å². The van der Waals surface area contributed by atoms with Gasteiger partial charge in [-0.05, 0) is 44.4 Å². The topological polar surface area (TPSA) is 44.4 Å². The molecular formula is C16H22ClN3O. The van der Waals surface area contributed by atoms with Gasteiger partial charge in [0.05, 0.1) is 10.7 Å². The third-order valence-corrected chi connectivity index (χ3v) is 4.52. The highest BCUT2D eigenvalue weighted by Crippen LogP contribution is 2.29. The molecule has 1 aliphatic heterocycles. The molecular weight excluding hydrogens is 286 g/mol. The number of anilines is 1. The number of para-hydroxylation sites is 1. The molecule has 1 unspecified atom stereocenters. The van der Waals surface area contributed by atoms with Gasteiger partial charge in [-0.2, -0.15) is 0 Å². The van der Waals surface area contributed by atoms with E-state index in [1.165, 1.54) is 12.8 Å². The Labute approximate surface area is 130 Å². The number of carbonyl (C=O) groups is 1. The van der Waals surface area contributed by atoms with Gasteiger partial charge < -0.3 is 15.5 Å². The third-order valence-electron chi connectivity index (χ3n) is 4.19. The van der Waals surface area contributed by atoms with E-state index in [1.807, 2.05) is 23.1 Å². The Balaban J connectivity index is 1.63. The first kappa shape index (κ1) is 14.7. The number of nitrogens with zero attached hydrogens (tertiary/aromatic N) is 1. The fourth-order valence-corrected chi connectivity index (χ4v) is 3.03. The Morgan fingerprint density at radius 3 is 2.76 bits per heavy atom. The van der Waals surface area contributed by atoms with Crippen LogP contribution in [-0.2, 0) is 0 Å². The van der Waals surface area contributed by atoms with Gasteiger partial charge in [-0.3, -0.25) is 0 Å². The monoisotopic (exact) mass is 307 g/mol. The molecule has 5 heteroatoms. The number of rotatable bonds is 4. The van der Waals surface area contributed by atoms with Crippen LogP contribution in [0.25, 0.3) is 0 Å². The van der Waals surface area contributed by atoms with E-state index in [0.29, 0.717) is 22.8 Å². The first-order valence-corrected chi connectivity index (χ1v) is 8.17. The summed E-state index contributed by atoms with van der Waals surface area (Å²) in [5.74, 6) is 0. The number of urea groups is 1. The SMILES string of the molecule is O=C(Nc1ccccc1Cl)N(CC1CCCCN1)C1CC1. The van der Waals surface area contributed by atoms with Crippen LogP contribution in [0, 0.1) is 0 Å². The van der Waals surface area contributed by atoms with Crippen molar-refractivity contribution in [2.45, 2.75) is 44.2 Å². The Kier molecular flexibility index (Phi) is 4.66. The maximum atomic E-state index is 12.5. The average Bonchev–Trinajstić information content (AvgIpc) is 3.33. The summed E-state index contributed by atoms with van der Waals surface area (Å²) < 4.78 is 0. The van der Waals surface area contributed by atoms with Gasteiger partial charge in [-0.25, -0.2) is 4.79 Å². The van der Waals surface area contributed by atoms with Gasteiger partial charge in [0.25, 0.3) is 0 Å². The summed E-state index contributed by atoms with van der Waals surface area (Å²) in [4.78, 5) is 14.5. The fourth-order valence-electron chi connectivity index (χ4n) is 2.85. The van der Waals surface area contributed by atoms with E-state index in [1.54, 1.807) is 6.07 Å². The lowest BCUT2D eigenvalue weighted by atomic mass is 10.0. The number of nitrogens with one attached hydrogen (secondary N) is 2. The molecule has 1 aromatic rings. The summed E-state index contributed by atoms with van der Waals surface area (Å²) in [5.41, 5.74) is 0.687. The minimum atomic E-state index is -0.0297. The second kappa shape index (κ2) is 6.67. The smallest absolute Gasteiger partial charge is 0.320 e. The molecule has 4 nitrogen and oxygen atoms in total. The third kappa shape index (κ3) is 3.89. The van der Waals surface area contributed by atoms with Crippen molar-refractivity contribution >= 4 is 23.3 Å². The summed E-state index contributed by atoms with van der Waals surface area (Å²) in [6, 6.07) is 8.17. The highest BCUT2D eigenvalue weighted by atomic mass is 35.5. The molecule has 2 aliphatic rings. The molecule has 21 heavy (non-hydrogen) atoms. The number of carbonyl (C=O) groups excluding carboxylic acids is 1. The minimum Gasteiger partial charge on any atom is -0.320 e. The molecule has 2 fully saturated rings. The zero-order valence-electron chi connectivity index (χ0n) is 12.1. The van der Waals surface area contributed by atoms with Crippen molar-refractivity contribution in [2.75, 3.05) is 18.4 Å². The molecule has 1 atom stereocenters. The van der Waals surface area contributed by atoms with E-state index in [2.05, 4.69) is 10.6 Å². The van der Waals surface area contributed by atoms with Gasteiger partial charge in [-0.1, -0.05) is 30.2 Å². The van der Waals surface area contributed by atoms with Gasteiger partial charge in [0.15, 0.2) is 0 Å². The number of hydrogen-bond acceptors (Lipinski definition) is 2. The summed E-state index contributed by atoms with van der Waals surface area (Å²) in [6.07, 6.45) is 5.88. The average molecular weight is 308 g/mol. The van der Waals surface area contributed by atoms with Crippen LogP contribution in [0.3, 0.4) is 0 Å². The number of benzene rings is 1. The van der Waals surface area contributed by atoms with Crippen molar-refractivity contribution in [2.24, 2.45) is 0 Å². The predicted octanol–water partition coefficient (Wildman–Crippen LogP) is 3.48. The van der Waals surface area contributed by atoms with E-state index >= 15 is 0 Å². The first-order valence-electron chi connectivity index (χ1n) is 7.79. The number of halogens is 1. The van der Waals surface area contributed by atoms with Crippen LogP contribution >= 0.6 is 11.6 Å². The summed E-state index contributed by atoms with van der Waals surface area (Å²) in [6.45, 7) is 1.86. The van der Waals surface area contributed by atoms with Gasteiger partial charge in [-0.15, -0.1) is 0 Å². The van der Waals surface area contributed by atoms with Gasteiger partial charge >= 0.3 is 6.03 Å². The van der Waals surface area contributed by atoms with Crippen molar-refractivity contribution in [1.82, 2.24) is 10.2 Å². The van der Waals surface area contributed by atoms with E-state index in [4.69, 9.17) is 11.6 Å². The van der Waals surface area contributed by atoms with Crippen molar-refractivity contribution < 1.29 is 4.79 Å². The fraction of sp³-hybridized carbons (Fsp3) is 0.562. The lowest BCUT2D eigenvalue weighted by molar-refractivity contribution is 0.196. The van der Waals surface area contributed by atoms with Crippen molar-refractivity contribution in [3.63, 3.8) is 0 Å². The van der Waals surface area contributed by atoms with Gasteiger partial charge in [0.1, 0.15) is 0 Å². The van der Waals surface area contributed by atoms with Crippen molar-refractivity contribution in [3.8, 4) is 0 Å². The Morgan fingerprint density at radius 2 is 2.10 bits per heavy atom. The lowest BCUT2D eigenvalue weighted by Crippen LogP contribution is -2.48. The van der Waals surface area contributed by atoms with Gasteiger partial charge in [0.2, 0.25) is 0 Å². The second-order valence-electron chi connectivity index (χ2n) is 5.94. The van der Waals surface area contributed by atoms with Crippen molar-refractivity contribution in [1.29, 1.82) is 0 Å². The number of piperidine rings is 1. The molecule has 1 saturated carbocycles. The van der Waals surface area contributed by atoms with Crippen LogP contribution in [0.1, 0.15) is 32.1 Å². The van der Waals surface area contributed by atoms with Crippen LogP contribution in [-0.4, -0.2) is 36.1 Å². The number of hydrogen-bond donors (Lipinski definition) is 2. The second-order valence-corrected chi connectivity index (χ2v) is 6.35. The molecule has 1 heterocycles. The van der Waals surface area contributed by atoms with Crippen LogP contribution in [0.4, 0.5) is 10.5 Å². The molecule has 1 saturated heterocycles. The predicted molar refractivity (Wildman–Crippen MR) is 85.8 cm³/mol. The maximum Gasteiger partial charge on any atom is 0.322 e. The molecule has 0 spiro atoms. The molecule has 0 bridgehead atoms. The van der Waals surface area contributed by atoms with E-state index in [9.17, 15) is 4.79 Å². The molecule has 1 aromatic carbocycles. The Hall–Kier alpha value is -1.26. The highest BCUT2D eigenvalue weighted by molar-refractivity contribution is 6.33. The maximum absolute atomic E-state index is 12.5. The largest absolute Gasteiger partial charge is 0.322 e. The summed E-state index contributed by atoms with van der Waals surface area (Å²) in [7, 11) is 0. The molecule has 114 valence electrons. The molecule has 2 amide bonds. The Bertz CT molecular complexity index is 498. The normalized spacial score (nSPS) is 21.9. The summed E-state index contributed by atoms with van der Waals surface area (Å²) >= 11 is 6.11. The lowest BCUT2D eigenvalue weighted by Gasteiger charge is -2.31. The summed E-state index contributed by atoms with van der Waals surface area (Å²) in [5, 5.41) is 7.04. The van der Waals surface area contributed by atoms with Crippen LogP contribution < -0.4 is 10.6 Å². The van der Waals surface area contributed by atoms with Gasteiger partial charge in [0, 0.05) is 18.6 Å². The molecule has 1 aliphatic carbocycles. The van der Waals surface area contributed by atoms with E-state index in [-0.39, 0.29) is 6.03 Å². The standard InChI is InChI=1S/C16H22ClN3O/c17-14-6-1-2-7-15(14)19-16(21)20(13-8-9-13)11-12-5-3-4-10-18-12/h1-2,6-7,12-13,18H,3-5,8-11H2,(H,19,21). The molecule has 0 radical (unpaired) electrons.